The molecule has 26 heavy (non-hydrogen) atoms. The van der Waals surface area contributed by atoms with Crippen molar-refractivity contribution in [1.82, 2.24) is 10.5 Å². The van der Waals surface area contributed by atoms with E-state index in [1.807, 2.05) is 24.3 Å². The number of rotatable bonds is 6. The third-order valence-electron chi connectivity index (χ3n) is 5.54. The molecule has 0 bridgehead atoms. The minimum Gasteiger partial charge on any atom is -0.493 e. The third-order valence-corrected chi connectivity index (χ3v) is 5.54. The van der Waals surface area contributed by atoms with Crippen molar-refractivity contribution in [3.8, 4) is 22.8 Å². The van der Waals surface area contributed by atoms with Crippen LogP contribution in [0.3, 0.4) is 0 Å². The zero-order valence-corrected chi connectivity index (χ0v) is 15.2. The van der Waals surface area contributed by atoms with E-state index in [9.17, 15) is 4.79 Å². The second-order valence-corrected chi connectivity index (χ2v) is 7.18. The van der Waals surface area contributed by atoms with Gasteiger partial charge in [-0.05, 0) is 43.9 Å². The lowest BCUT2D eigenvalue weighted by Gasteiger charge is -2.17. The Morgan fingerprint density at radius 3 is 2.54 bits per heavy atom. The molecule has 0 spiro atoms. The van der Waals surface area contributed by atoms with Crippen LogP contribution in [-0.2, 0) is 10.2 Å². The maximum absolute atomic E-state index is 12.8. The largest absolute Gasteiger partial charge is 0.493 e. The monoisotopic (exact) mass is 356 g/mol. The van der Waals surface area contributed by atoms with Gasteiger partial charge >= 0.3 is 0 Å². The van der Waals surface area contributed by atoms with Gasteiger partial charge < -0.3 is 19.3 Å². The Kier molecular flexibility index (Phi) is 4.34. The van der Waals surface area contributed by atoms with Crippen LogP contribution in [0.5, 0.6) is 11.5 Å². The van der Waals surface area contributed by atoms with E-state index < -0.39 is 5.41 Å². The summed E-state index contributed by atoms with van der Waals surface area (Å²) in [4.78, 5) is 12.8. The summed E-state index contributed by atoms with van der Waals surface area (Å²) in [6.07, 6.45) is 6.21. The summed E-state index contributed by atoms with van der Waals surface area (Å²) in [6, 6.07) is 7.76. The van der Waals surface area contributed by atoms with E-state index in [4.69, 9.17) is 14.0 Å². The van der Waals surface area contributed by atoms with Gasteiger partial charge in [-0.15, -0.1) is 0 Å². The van der Waals surface area contributed by atoms with Crippen LogP contribution >= 0.6 is 0 Å². The predicted octanol–water partition coefficient (Wildman–Crippen LogP) is 3.45. The standard InChI is InChI=1S/C20H24N2O4/c1-24-15-8-7-13(11-17(15)25-2)16-12-18(22-26-16)20(9-10-20)19(23)21-14-5-3-4-6-14/h7-8,11-12,14H,3-6,9-10H2,1-2H3,(H,21,23). The van der Waals surface area contributed by atoms with Gasteiger partial charge in [0.15, 0.2) is 17.3 Å². The molecule has 6 heteroatoms. The van der Waals surface area contributed by atoms with E-state index in [0.717, 1.165) is 36.9 Å². The van der Waals surface area contributed by atoms with Gasteiger partial charge in [0.1, 0.15) is 0 Å². The van der Waals surface area contributed by atoms with Crippen LogP contribution in [0.2, 0.25) is 0 Å². The molecule has 1 aromatic heterocycles. The van der Waals surface area contributed by atoms with E-state index in [-0.39, 0.29) is 5.91 Å². The van der Waals surface area contributed by atoms with Crippen LogP contribution in [0, 0.1) is 0 Å². The van der Waals surface area contributed by atoms with Crippen molar-refractivity contribution >= 4 is 5.91 Å². The van der Waals surface area contributed by atoms with Gasteiger partial charge in [-0.3, -0.25) is 4.79 Å². The van der Waals surface area contributed by atoms with Gasteiger partial charge in [-0.25, -0.2) is 0 Å². The Morgan fingerprint density at radius 1 is 1.15 bits per heavy atom. The summed E-state index contributed by atoms with van der Waals surface area (Å²) < 4.78 is 16.2. The molecule has 138 valence electrons. The van der Waals surface area contributed by atoms with E-state index in [0.29, 0.717) is 23.3 Å². The maximum atomic E-state index is 12.8. The highest BCUT2D eigenvalue weighted by Crippen LogP contribution is 2.49. The van der Waals surface area contributed by atoms with Crippen LogP contribution in [0.15, 0.2) is 28.8 Å². The first-order valence-electron chi connectivity index (χ1n) is 9.17. The number of ether oxygens (including phenoxy) is 2. The quantitative estimate of drug-likeness (QED) is 0.858. The number of amides is 1. The molecule has 1 N–H and O–H groups in total. The Morgan fingerprint density at radius 2 is 1.88 bits per heavy atom. The van der Waals surface area contributed by atoms with E-state index >= 15 is 0 Å². The number of nitrogens with one attached hydrogen (secondary N) is 1. The summed E-state index contributed by atoms with van der Waals surface area (Å²) in [5, 5.41) is 7.42. The second-order valence-electron chi connectivity index (χ2n) is 7.18. The van der Waals surface area contributed by atoms with Gasteiger partial charge in [0.25, 0.3) is 0 Å². The highest BCUT2D eigenvalue weighted by Gasteiger charge is 2.54. The van der Waals surface area contributed by atoms with E-state index in [2.05, 4.69) is 10.5 Å². The molecule has 1 aromatic carbocycles. The van der Waals surface area contributed by atoms with Crippen molar-refractivity contribution in [3.63, 3.8) is 0 Å². The fourth-order valence-corrected chi connectivity index (χ4v) is 3.74. The maximum Gasteiger partial charge on any atom is 0.232 e. The molecule has 1 heterocycles. The van der Waals surface area contributed by atoms with Gasteiger partial charge in [-0.2, -0.15) is 0 Å². The Balaban J connectivity index is 1.55. The first-order valence-corrected chi connectivity index (χ1v) is 9.17. The second kappa shape index (κ2) is 6.67. The normalized spacial score (nSPS) is 18.5. The average molecular weight is 356 g/mol. The van der Waals surface area contributed by atoms with Crippen LogP contribution in [-0.4, -0.2) is 31.3 Å². The van der Waals surface area contributed by atoms with Gasteiger partial charge in [0, 0.05) is 17.7 Å². The minimum atomic E-state index is -0.513. The number of benzene rings is 1. The summed E-state index contributed by atoms with van der Waals surface area (Å²) in [6.45, 7) is 0. The summed E-state index contributed by atoms with van der Waals surface area (Å²) >= 11 is 0. The molecule has 0 unspecified atom stereocenters. The van der Waals surface area contributed by atoms with Crippen molar-refractivity contribution in [2.75, 3.05) is 14.2 Å². The van der Waals surface area contributed by atoms with Crippen molar-refractivity contribution in [1.29, 1.82) is 0 Å². The summed E-state index contributed by atoms with van der Waals surface area (Å²) in [5.41, 5.74) is 1.05. The van der Waals surface area contributed by atoms with E-state index in [1.165, 1.54) is 12.8 Å². The lowest BCUT2D eigenvalue weighted by molar-refractivity contribution is -0.124. The molecule has 0 aliphatic heterocycles. The fraction of sp³-hybridized carbons (Fsp3) is 0.500. The SMILES string of the molecule is COc1ccc(-c2cc(C3(C(=O)NC4CCCC4)CC3)no2)cc1OC. The Labute approximate surface area is 152 Å². The summed E-state index contributed by atoms with van der Waals surface area (Å²) in [5.74, 6) is 2.01. The Bertz CT molecular complexity index is 804. The number of nitrogens with zero attached hydrogens (tertiary/aromatic N) is 1. The average Bonchev–Trinajstić information content (AvgIpc) is 3.08. The lowest BCUT2D eigenvalue weighted by atomic mass is 9.99. The molecular weight excluding hydrogens is 332 g/mol. The first kappa shape index (κ1) is 16.9. The molecule has 2 aliphatic rings. The molecule has 1 amide bonds. The molecule has 6 nitrogen and oxygen atoms in total. The third kappa shape index (κ3) is 2.93. The number of hydrogen-bond acceptors (Lipinski definition) is 5. The van der Waals surface area contributed by atoms with E-state index in [1.54, 1.807) is 14.2 Å². The molecule has 0 saturated heterocycles. The highest BCUT2D eigenvalue weighted by molar-refractivity contribution is 5.91. The number of hydrogen-bond donors (Lipinski definition) is 1. The van der Waals surface area contributed by atoms with Gasteiger partial charge in [0.2, 0.25) is 5.91 Å². The van der Waals surface area contributed by atoms with Crippen LogP contribution in [0.1, 0.15) is 44.2 Å². The van der Waals surface area contributed by atoms with Crippen LogP contribution < -0.4 is 14.8 Å². The molecular formula is C20H24N2O4. The molecule has 0 radical (unpaired) electrons. The van der Waals surface area contributed by atoms with Crippen LogP contribution in [0.4, 0.5) is 0 Å². The molecule has 4 rings (SSSR count). The Hall–Kier alpha value is -2.50. The van der Waals surface area contributed by atoms with Crippen molar-refractivity contribution < 1.29 is 18.8 Å². The topological polar surface area (TPSA) is 73.6 Å². The fourth-order valence-electron chi connectivity index (χ4n) is 3.74. The molecule has 2 aromatic rings. The highest BCUT2D eigenvalue weighted by atomic mass is 16.5. The van der Waals surface area contributed by atoms with Crippen molar-refractivity contribution in [3.05, 3.63) is 30.0 Å². The number of methoxy groups -OCH3 is 2. The number of carbonyl (C=O) groups excluding carboxylic acids is 1. The van der Waals surface area contributed by atoms with Crippen molar-refractivity contribution in [2.45, 2.75) is 50.0 Å². The molecule has 2 saturated carbocycles. The van der Waals surface area contributed by atoms with Gasteiger partial charge in [-0.1, -0.05) is 18.0 Å². The first-order chi connectivity index (χ1) is 12.7. The van der Waals surface area contributed by atoms with Crippen LogP contribution in [0.25, 0.3) is 11.3 Å². The zero-order chi connectivity index (χ0) is 18.1. The smallest absolute Gasteiger partial charge is 0.232 e. The van der Waals surface area contributed by atoms with Crippen molar-refractivity contribution in [2.24, 2.45) is 0 Å². The molecule has 0 atom stereocenters. The van der Waals surface area contributed by atoms with Gasteiger partial charge in [0.05, 0.1) is 25.3 Å². The number of aromatic nitrogens is 1. The predicted molar refractivity (Wildman–Crippen MR) is 96.4 cm³/mol. The molecule has 2 aliphatic carbocycles. The lowest BCUT2D eigenvalue weighted by Crippen LogP contribution is -2.40. The molecule has 2 fully saturated rings. The number of carbonyl (C=O) groups is 1. The minimum absolute atomic E-state index is 0.0940. The summed E-state index contributed by atoms with van der Waals surface area (Å²) in [7, 11) is 3.20. The zero-order valence-electron chi connectivity index (χ0n) is 15.2.